The molecule has 0 radical (unpaired) electrons. The van der Waals surface area contributed by atoms with Crippen LogP contribution >= 0.6 is 0 Å². The maximum Gasteiger partial charge on any atom is 0.413 e. The number of hydroxylamine groups is 1. The zero-order chi connectivity index (χ0) is 12.0. The van der Waals surface area contributed by atoms with Gasteiger partial charge in [-0.3, -0.25) is 4.84 Å². The summed E-state index contributed by atoms with van der Waals surface area (Å²) in [5, 5.41) is 8.64. The van der Waals surface area contributed by atoms with Gasteiger partial charge in [0.15, 0.2) is 6.61 Å². The van der Waals surface area contributed by atoms with Crippen molar-refractivity contribution in [2.24, 2.45) is 0 Å². The van der Waals surface area contributed by atoms with Crippen LogP contribution in [0, 0.1) is 11.3 Å². The van der Waals surface area contributed by atoms with Crippen LogP contribution in [0.15, 0.2) is 18.3 Å². The second-order valence-electron chi connectivity index (χ2n) is 2.85. The Morgan fingerprint density at radius 1 is 1.50 bits per heavy atom. The van der Waals surface area contributed by atoms with E-state index in [1.54, 1.807) is 12.1 Å². The summed E-state index contributed by atoms with van der Waals surface area (Å²) >= 11 is 0. The molecule has 7 heteroatoms. The summed E-state index contributed by atoms with van der Waals surface area (Å²) in [7, 11) is 0. The average molecular weight is 231 g/mol. The molecule has 0 saturated carbocycles. The van der Waals surface area contributed by atoms with E-state index in [-0.39, 0.29) is 12.2 Å². The zero-order valence-electron chi connectivity index (χ0n) is 8.08. The van der Waals surface area contributed by atoms with Gasteiger partial charge in [0.1, 0.15) is 11.8 Å². The quantitative estimate of drug-likeness (QED) is 0.630. The number of pyridine rings is 1. The first kappa shape index (κ1) is 12.4. The van der Waals surface area contributed by atoms with E-state index in [0.717, 1.165) is 0 Å². The molecular formula is C9H8F3N3O. The number of hydrogen-bond donors (Lipinski definition) is 1. The fraction of sp³-hybridized carbons (Fsp3) is 0.333. The van der Waals surface area contributed by atoms with E-state index in [2.05, 4.69) is 15.3 Å². The molecule has 1 aromatic heterocycles. The fourth-order valence-corrected chi connectivity index (χ4v) is 0.944. The number of halogens is 3. The third kappa shape index (κ3) is 4.25. The number of nitriles is 1. The van der Waals surface area contributed by atoms with Crippen molar-refractivity contribution in [1.29, 1.82) is 5.26 Å². The van der Waals surface area contributed by atoms with Crippen LogP contribution < -0.4 is 5.48 Å². The van der Waals surface area contributed by atoms with Crippen LogP contribution in [0.1, 0.15) is 11.3 Å². The highest BCUT2D eigenvalue weighted by atomic mass is 19.4. The maximum atomic E-state index is 11.7. The van der Waals surface area contributed by atoms with Gasteiger partial charge in [-0.15, -0.1) is 0 Å². The number of alkyl halides is 3. The summed E-state index contributed by atoms with van der Waals surface area (Å²) < 4.78 is 35.1. The van der Waals surface area contributed by atoms with Crippen LogP contribution in [0.5, 0.6) is 0 Å². The summed E-state index contributed by atoms with van der Waals surface area (Å²) in [4.78, 5) is 7.94. The molecule has 0 unspecified atom stereocenters. The van der Waals surface area contributed by atoms with Crippen LogP contribution in [-0.4, -0.2) is 17.8 Å². The lowest BCUT2D eigenvalue weighted by molar-refractivity contribution is -0.190. The Morgan fingerprint density at radius 2 is 2.25 bits per heavy atom. The van der Waals surface area contributed by atoms with Crippen LogP contribution in [-0.2, 0) is 11.4 Å². The third-order valence-electron chi connectivity index (χ3n) is 1.60. The van der Waals surface area contributed by atoms with Gasteiger partial charge in [-0.05, 0) is 6.07 Å². The number of aromatic nitrogens is 1. The monoisotopic (exact) mass is 231 g/mol. The number of rotatable bonds is 4. The number of hydrogen-bond acceptors (Lipinski definition) is 4. The van der Waals surface area contributed by atoms with E-state index in [4.69, 9.17) is 5.26 Å². The predicted molar refractivity (Wildman–Crippen MR) is 47.8 cm³/mol. The highest BCUT2D eigenvalue weighted by molar-refractivity contribution is 5.30. The van der Waals surface area contributed by atoms with Gasteiger partial charge in [-0.25, -0.2) is 4.98 Å². The molecule has 0 aliphatic heterocycles. The standard InChI is InChI=1S/C9H8F3N3O/c10-9(11,12)6-16-15-5-7-2-1-3-14-8(7)4-13/h1-3,15H,5-6H2. The first-order chi connectivity index (χ1) is 7.53. The van der Waals surface area contributed by atoms with Gasteiger partial charge in [-0.2, -0.15) is 23.9 Å². The Labute approximate surface area is 89.6 Å². The Bertz CT molecular complexity index is 386. The summed E-state index contributed by atoms with van der Waals surface area (Å²) in [6.45, 7) is -1.39. The average Bonchev–Trinajstić information content (AvgIpc) is 2.23. The molecule has 0 atom stereocenters. The molecule has 0 spiro atoms. The molecule has 1 heterocycles. The highest BCUT2D eigenvalue weighted by Crippen LogP contribution is 2.13. The van der Waals surface area contributed by atoms with E-state index >= 15 is 0 Å². The minimum Gasteiger partial charge on any atom is -0.292 e. The third-order valence-corrected chi connectivity index (χ3v) is 1.60. The van der Waals surface area contributed by atoms with Gasteiger partial charge >= 0.3 is 6.18 Å². The van der Waals surface area contributed by atoms with Crippen LogP contribution in [0.4, 0.5) is 13.2 Å². The van der Waals surface area contributed by atoms with Crippen molar-refractivity contribution < 1.29 is 18.0 Å². The maximum absolute atomic E-state index is 11.7. The lowest BCUT2D eigenvalue weighted by Crippen LogP contribution is -2.24. The summed E-state index contributed by atoms with van der Waals surface area (Å²) in [5.74, 6) is 0. The molecule has 0 amide bonds. The van der Waals surface area contributed by atoms with E-state index in [1.807, 2.05) is 6.07 Å². The van der Waals surface area contributed by atoms with Gasteiger partial charge < -0.3 is 0 Å². The van der Waals surface area contributed by atoms with Gasteiger partial charge in [0.2, 0.25) is 0 Å². The van der Waals surface area contributed by atoms with Crippen molar-refractivity contribution in [3.63, 3.8) is 0 Å². The topological polar surface area (TPSA) is 57.9 Å². The lowest BCUT2D eigenvalue weighted by atomic mass is 10.2. The molecule has 1 rings (SSSR count). The molecule has 0 aromatic carbocycles. The van der Waals surface area contributed by atoms with Crippen LogP contribution in [0.3, 0.4) is 0 Å². The smallest absolute Gasteiger partial charge is 0.292 e. The second kappa shape index (κ2) is 5.44. The zero-order valence-corrected chi connectivity index (χ0v) is 8.08. The van der Waals surface area contributed by atoms with Gasteiger partial charge in [-0.1, -0.05) is 6.07 Å². The molecular weight excluding hydrogens is 223 g/mol. The first-order valence-corrected chi connectivity index (χ1v) is 4.28. The molecule has 0 saturated heterocycles. The molecule has 1 N–H and O–H groups in total. The fourth-order valence-electron chi connectivity index (χ4n) is 0.944. The first-order valence-electron chi connectivity index (χ1n) is 4.28. The Kier molecular flexibility index (Phi) is 4.22. The second-order valence-corrected chi connectivity index (χ2v) is 2.85. The van der Waals surface area contributed by atoms with Gasteiger partial charge in [0.25, 0.3) is 0 Å². The van der Waals surface area contributed by atoms with E-state index in [1.165, 1.54) is 6.20 Å². The normalized spacial score (nSPS) is 11.1. The van der Waals surface area contributed by atoms with Crippen molar-refractivity contribution in [2.75, 3.05) is 6.61 Å². The molecule has 0 bridgehead atoms. The largest absolute Gasteiger partial charge is 0.413 e. The highest BCUT2D eigenvalue weighted by Gasteiger charge is 2.27. The molecule has 1 aromatic rings. The number of nitrogens with zero attached hydrogens (tertiary/aromatic N) is 2. The molecule has 4 nitrogen and oxygen atoms in total. The summed E-state index contributed by atoms with van der Waals surface area (Å²) in [5.41, 5.74) is 2.76. The summed E-state index contributed by atoms with van der Waals surface area (Å²) in [6, 6.07) is 4.99. The van der Waals surface area contributed by atoms with Gasteiger partial charge in [0.05, 0.1) is 0 Å². The molecule has 0 fully saturated rings. The molecule has 0 aliphatic carbocycles. The molecule has 16 heavy (non-hydrogen) atoms. The SMILES string of the molecule is N#Cc1ncccc1CNOCC(F)(F)F. The van der Waals surface area contributed by atoms with Crippen molar-refractivity contribution in [2.45, 2.75) is 12.7 Å². The Hall–Kier alpha value is -1.65. The minimum atomic E-state index is -4.38. The molecule has 0 aliphatic rings. The van der Waals surface area contributed by atoms with E-state index in [9.17, 15) is 13.2 Å². The van der Waals surface area contributed by atoms with Crippen molar-refractivity contribution in [3.8, 4) is 6.07 Å². The van der Waals surface area contributed by atoms with E-state index < -0.39 is 12.8 Å². The number of nitrogens with one attached hydrogen (secondary N) is 1. The Balaban J connectivity index is 2.41. The van der Waals surface area contributed by atoms with Crippen molar-refractivity contribution >= 4 is 0 Å². The minimum absolute atomic E-state index is 0.00713. The van der Waals surface area contributed by atoms with Crippen molar-refractivity contribution in [1.82, 2.24) is 10.5 Å². The van der Waals surface area contributed by atoms with Crippen LogP contribution in [0.25, 0.3) is 0 Å². The predicted octanol–water partition coefficient (Wildman–Crippen LogP) is 1.54. The van der Waals surface area contributed by atoms with E-state index in [0.29, 0.717) is 5.56 Å². The molecule has 86 valence electrons. The van der Waals surface area contributed by atoms with Crippen LogP contribution in [0.2, 0.25) is 0 Å². The van der Waals surface area contributed by atoms with Crippen molar-refractivity contribution in [3.05, 3.63) is 29.6 Å². The Morgan fingerprint density at radius 3 is 2.88 bits per heavy atom. The van der Waals surface area contributed by atoms with Gasteiger partial charge in [0, 0.05) is 18.3 Å². The lowest BCUT2D eigenvalue weighted by Gasteiger charge is -2.08. The summed E-state index contributed by atoms with van der Waals surface area (Å²) in [6.07, 6.45) is -2.95.